The molecule has 0 bridgehead atoms. The smallest absolute Gasteiger partial charge is 0.415 e. The van der Waals surface area contributed by atoms with Crippen LogP contribution in [0.1, 0.15) is 19.4 Å². The molecular weight excluding hydrogens is 324 g/mol. The number of nitrogens with one attached hydrogen (secondary N) is 1. The summed E-state index contributed by atoms with van der Waals surface area (Å²) in [5, 5.41) is 2.61. The highest BCUT2D eigenvalue weighted by Gasteiger charge is 2.38. The number of rotatable bonds is 5. The molecule has 1 aromatic carbocycles. The maximum absolute atomic E-state index is 12.2. The maximum Gasteiger partial charge on any atom is 0.415 e. The molecule has 3 rings (SSSR count). The number of carbonyl (C=O) groups excluding carboxylic acids is 3. The van der Waals surface area contributed by atoms with Crippen LogP contribution in [-0.2, 0) is 20.7 Å². The van der Waals surface area contributed by atoms with Crippen LogP contribution in [0.3, 0.4) is 0 Å². The third-order valence-electron chi connectivity index (χ3n) is 4.31. The Hall–Kier alpha value is -2.61. The summed E-state index contributed by atoms with van der Waals surface area (Å²) >= 11 is 0. The number of cyclic esters (lactones) is 1. The number of nitrogens with two attached hydrogens (primary N) is 1. The Kier molecular flexibility index (Phi) is 4.63. The molecule has 3 N–H and O–H groups in total. The summed E-state index contributed by atoms with van der Waals surface area (Å²) in [6.45, 7) is 4.71. The van der Waals surface area contributed by atoms with Gasteiger partial charge in [0.05, 0.1) is 13.0 Å². The quantitative estimate of drug-likeness (QED) is 0.802. The van der Waals surface area contributed by atoms with Gasteiger partial charge in [-0.1, -0.05) is 0 Å². The molecule has 0 spiro atoms. The first-order valence-electron chi connectivity index (χ1n) is 8.33. The monoisotopic (exact) mass is 346 g/mol. The number of benzene rings is 1. The Morgan fingerprint density at radius 1 is 1.40 bits per heavy atom. The zero-order chi connectivity index (χ0) is 18.1. The van der Waals surface area contributed by atoms with Crippen LogP contribution in [0.15, 0.2) is 18.2 Å². The van der Waals surface area contributed by atoms with Gasteiger partial charge in [-0.15, -0.1) is 0 Å². The van der Waals surface area contributed by atoms with Crippen molar-refractivity contribution in [2.24, 2.45) is 5.73 Å². The third kappa shape index (κ3) is 3.17. The number of anilines is 2. The molecule has 1 fully saturated rings. The van der Waals surface area contributed by atoms with Gasteiger partial charge in [-0.3, -0.25) is 14.5 Å². The van der Waals surface area contributed by atoms with Crippen LogP contribution in [0.5, 0.6) is 0 Å². The van der Waals surface area contributed by atoms with E-state index in [1.807, 2.05) is 26.0 Å². The minimum Gasteiger partial charge on any atom is -0.434 e. The molecular formula is C17H22N4O4. The predicted molar refractivity (Wildman–Crippen MR) is 92.4 cm³/mol. The van der Waals surface area contributed by atoms with Crippen molar-refractivity contribution in [1.82, 2.24) is 5.32 Å². The van der Waals surface area contributed by atoms with E-state index in [0.717, 1.165) is 11.3 Å². The molecule has 1 saturated heterocycles. The van der Waals surface area contributed by atoms with Gasteiger partial charge in [0, 0.05) is 30.5 Å². The van der Waals surface area contributed by atoms with Crippen LogP contribution in [0.4, 0.5) is 16.2 Å². The molecule has 8 heteroatoms. The topological polar surface area (TPSA) is 105 Å². The molecule has 2 heterocycles. The fourth-order valence-electron chi connectivity index (χ4n) is 3.18. The molecule has 0 aromatic heterocycles. The van der Waals surface area contributed by atoms with Crippen LogP contribution in [0, 0.1) is 0 Å². The lowest BCUT2D eigenvalue weighted by atomic mass is 10.1. The van der Waals surface area contributed by atoms with E-state index in [9.17, 15) is 14.4 Å². The number of nitrogens with zero attached hydrogens (tertiary/aromatic N) is 2. The second-order valence-corrected chi connectivity index (χ2v) is 6.41. The van der Waals surface area contributed by atoms with Crippen LogP contribution < -0.4 is 20.9 Å². The number of fused-ring (bicyclic) bond motifs is 1. The van der Waals surface area contributed by atoms with Crippen molar-refractivity contribution in [2.75, 3.05) is 29.4 Å². The van der Waals surface area contributed by atoms with Crippen molar-refractivity contribution in [2.45, 2.75) is 32.4 Å². The van der Waals surface area contributed by atoms with E-state index in [-0.39, 0.29) is 24.4 Å². The molecule has 0 radical (unpaired) electrons. The van der Waals surface area contributed by atoms with Gasteiger partial charge in [0.1, 0.15) is 0 Å². The predicted octanol–water partition coefficient (Wildman–Crippen LogP) is 0.384. The van der Waals surface area contributed by atoms with Crippen LogP contribution in [-0.4, -0.2) is 49.7 Å². The average molecular weight is 346 g/mol. The molecule has 0 aliphatic carbocycles. The largest absolute Gasteiger partial charge is 0.434 e. The van der Waals surface area contributed by atoms with Gasteiger partial charge < -0.3 is 20.7 Å². The number of hydrogen-bond acceptors (Lipinski definition) is 5. The molecule has 0 saturated carbocycles. The summed E-state index contributed by atoms with van der Waals surface area (Å²) in [7, 11) is 0. The molecule has 1 unspecified atom stereocenters. The first kappa shape index (κ1) is 17.2. The van der Waals surface area contributed by atoms with E-state index >= 15 is 0 Å². The molecule has 25 heavy (non-hydrogen) atoms. The highest BCUT2D eigenvalue weighted by atomic mass is 16.6. The summed E-state index contributed by atoms with van der Waals surface area (Å²) in [5.41, 5.74) is 7.72. The lowest BCUT2D eigenvalue weighted by Gasteiger charge is -2.22. The molecule has 3 amide bonds. The first-order valence-corrected chi connectivity index (χ1v) is 8.33. The second kappa shape index (κ2) is 6.72. The van der Waals surface area contributed by atoms with Gasteiger partial charge in [-0.05, 0) is 37.6 Å². The molecule has 1 aromatic rings. The van der Waals surface area contributed by atoms with E-state index in [1.165, 1.54) is 4.90 Å². The third-order valence-corrected chi connectivity index (χ3v) is 4.31. The van der Waals surface area contributed by atoms with Crippen molar-refractivity contribution >= 4 is 29.3 Å². The summed E-state index contributed by atoms with van der Waals surface area (Å²) in [6.07, 6.45) is -1.12. The lowest BCUT2D eigenvalue weighted by molar-refractivity contribution is -0.127. The lowest BCUT2D eigenvalue weighted by Crippen LogP contribution is -2.39. The zero-order valence-electron chi connectivity index (χ0n) is 14.3. The van der Waals surface area contributed by atoms with Crippen LogP contribution in [0.25, 0.3) is 0 Å². The van der Waals surface area contributed by atoms with Gasteiger partial charge >= 0.3 is 6.09 Å². The van der Waals surface area contributed by atoms with Gasteiger partial charge in [-0.2, -0.15) is 0 Å². The maximum atomic E-state index is 12.2. The average Bonchev–Trinajstić information content (AvgIpc) is 3.11. The molecule has 2 aliphatic heterocycles. The van der Waals surface area contributed by atoms with Crippen molar-refractivity contribution < 1.29 is 19.1 Å². The fourth-order valence-corrected chi connectivity index (χ4v) is 3.18. The van der Waals surface area contributed by atoms with E-state index in [1.54, 1.807) is 11.0 Å². The summed E-state index contributed by atoms with van der Waals surface area (Å²) in [6, 6.07) is 5.50. The molecule has 2 aliphatic rings. The number of hydrogen-bond donors (Lipinski definition) is 2. The van der Waals surface area contributed by atoms with E-state index in [0.29, 0.717) is 25.2 Å². The van der Waals surface area contributed by atoms with Crippen LogP contribution >= 0.6 is 0 Å². The SMILES string of the molecule is CC(C)N1C(=O)Cc2cc(N3CC(C(=O)NCCN)OC3=O)ccc21. The minimum atomic E-state index is -0.860. The fraction of sp³-hybridized carbons (Fsp3) is 0.471. The number of ether oxygens (including phenoxy) is 1. The van der Waals surface area contributed by atoms with Gasteiger partial charge in [0.25, 0.3) is 5.91 Å². The van der Waals surface area contributed by atoms with E-state index < -0.39 is 12.2 Å². The number of amides is 3. The zero-order valence-corrected chi connectivity index (χ0v) is 14.3. The molecule has 8 nitrogen and oxygen atoms in total. The summed E-state index contributed by atoms with van der Waals surface area (Å²) in [4.78, 5) is 39.4. The second-order valence-electron chi connectivity index (χ2n) is 6.41. The first-order chi connectivity index (χ1) is 11.9. The van der Waals surface area contributed by atoms with Crippen molar-refractivity contribution in [3.05, 3.63) is 23.8 Å². The summed E-state index contributed by atoms with van der Waals surface area (Å²) < 4.78 is 5.14. The highest BCUT2D eigenvalue weighted by Crippen LogP contribution is 2.34. The minimum absolute atomic E-state index is 0.0465. The Morgan fingerprint density at radius 3 is 2.84 bits per heavy atom. The van der Waals surface area contributed by atoms with E-state index in [2.05, 4.69) is 5.32 Å². The van der Waals surface area contributed by atoms with Crippen molar-refractivity contribution in [1.29, 1.82) is 0 Å². The van der Waals surface area contributed by atoms with Crippen molar-refractivity contribution in [3.8, 4) is 0 Å². The van der Waals surface area contributed by atoms with Gasteiger partial charge in [0.15, 0.2) is 6.10 Å². The van der Waals surface area contributed by atoms with Crippen LogP contribution in [0.2, 0.25) is 0 Å². The number of carbonyl (C=O) groups is 3. The van der Waals surface area contributed by atoms with Gasteiger partial charge in [0.2, 0.25) is 5.91 Å². The Labute approximate surface area is 145 Å². The Morgan fingerprint density at radius 2 is 2.16 bits per heavy atom. The van der Waals surface area contributed by atoms with Gasteiger partial charge in [-0.25, -0.2) is 4.79 Å². The highest BCUT2D eigenvalue weighted by molar-refractivity contribution is 6.03. The molecule has 134 valence electrons. The van der Waals surface area contributed by atoms with E-state index in [4.69, 9.17) is 10.5 Å². The Balaban J connectivity index is 1.78. The van der Waals surface area contributed by atoms with Crippen molar-refractivity contribution in [3.63, 3.8) is 0 Å². The normalized spacial score (nSPS) is 19.4. The Bertz CT molecular complexity index is 719. The molecule has 1 atom stereocenters. The standard InChI is InChI=1S/C17H22N4O4/c1-10(2)21-13-4-3-12(7-11(13)8-15(21)22)20-9-14(25-17(20)24)16(23)19-6-5-18/h3-4,7,10,14H,5-6,8-9,18H2,1-2H3,(H,19,23). The summed E-state index contributed by atoms with van der Waals surface area (Å²) in [5.74, 6) is -0.311.